The van der Waals surface area contributed by atoms with E-state index in [1.54, 1.807) is 17.5 Å². The molecule has 0 unspecified atom stereocenters. The van der Waals surface area contributed by atoms with Crippen LogP contribution in [0.4, 0.5) is 10.7 Å². The molecule has 4 rings (SSSR count). The van der Waals surface area contributed by atoms with Crippen molar-refractivity contribution in [2.75, 3.05) is 11.5 Å². The summed E-state index contributed by atoms with van der Waals surface area (Å²) in [5, 5.41) is 6.20. The van der Waals surface area contributed by atoms with E-state index in [1.807, 2.05) is 19.1 Å². The van der Waals surface area contributed by atoms with E-state index < -0.39 is 15.4 Å². The molecule has 0 aliphatic carbocycles. The zero-order valence-corrected chi connectivity index (χ0v) is 17.1. The van der Waals surface area contributed by atoms with Gasteiger partial charge < -0.3 is 11.5 Å². The maximum Gasteiger partial charge on any atom is 0.282 e. The van der Waals surface area contributed by atoms with Crippen molar-refractivity contribution < 1.29 is 8.42 Å². The minimum atomic E-state index is -4.00. The lowest BCUT2D eigenvalue weighted by Crippen LogP contribution is -2.24. The van der Waals surface area contributed by atoms with Crippen LogP contribution in [0.25, 0.3) is 16.5 Å². The molecule has 0 radical (unpaired) electrons. The highest BCUT2D eigenvalue weighted by molar-refractivity contribution is 7.91. The first-order valence-corrected chi connectivity index (χ1v) is 11.2. The Hall–Kier alpha value is -3.17. The maximum absolute atomic E-state index is 13.3. The topological polar surface area (TPSA) is 121 Å². The highest BCUT2D eigenvalue weighted by atomic mass is 32.2. The van der Waals surface area contributed by atoms with Gasteiger partial charge in [-0.25, -0.2) is 8.42 Å². The minimum Gasteiger partial charge on any atom is -0.399 e. The molecule has 0 saturated heterocycles. The van der Waals surface area contributed by atoms with Crippen molar-refractivity contribution in [2.45, 2.75) is 23.3 Å². The standard InChI is InChI=1S/C20H18N4O3S2/c1-2-12-3-7-14(8-4-12)24-20(25)17-16(11-28-18(17)22)19(23-24)29(26,27)15-9-5-13(21)6-10-15/h3-11H,2,21-22H2,1H3. The van der Waals surface area contributed by atoms with Crippen LogP contribution in [0.1, 0.15) is 12.5 Å². The Morgan fingerprint density at radius 2 is 1.69 bits per heavy atom. The van der Waals surface area contributed by atoms with Gasteiger partial charge >= 0.3 is 0 Å². The third-order valence-corrected chi connectivity index (χ3v) is 7.20. The van der Waals surface area contributed by atoms with Crippen LogP contribution < -0.4 is 17.0 Å². The third-order valence-electron chi connectivity index (χ3n) is 4.68. The summed E-state index contributed by atoms with van der Waals surface area (Å²) in [5.41, 5.74) is 13.2. The van der Waals surface area contributed by atoms with Crippen molar-refractivity contribution in [3.05, 3.63) is 69.8 Å². The van der Waals surface area contributed by atoms with Gasteiger partial charge in [-0.05, 0) is 48.4 Å². The molecule has 0 amide bonds. The summed E-state index contributed by atoms with van der Waals surface area (Å²) in [6.45, 7) is 2.02. The number of sulfone groups is 1. The molecule has 0 fully saturated rings. The Morgan fingerprint density at radius 3 is 2.31 bits per heavy atom. The number of nitrogens with two attached hydrogens (primary N) is 2. The Kier molecular flexibility index (Phi) is 4.64. The van der Waals surface area contributed by atoms with Crippen molar-refractivity contribution in [3.8, 4) is 5.69 Å². The van der Waals surface area contributed by atoms with E-state index in [9.17, 15) is 13.2 Å². The van der Waals surface area contributed by atoms with Crippen LogP contribution in [0, 0.1) is 0 Å². The summed E-state index contributed by atoms with van der Waals surface area (Å²) in [6, 6.07) is 13.1. The van der Waals surface area contributed by atoms with Crippen LogP contribution in [0.15, 0.2) is 68.6 Å². The van der Waals surface area contributed by atoms with Gasteiger partial charge in [0.2, 0.25) is 9.84 Å². The quantitative estimate of drug-likeness (QED) is 0.484. The van der Waals surface area contributed by atoms with Gasteiger partial charge in [0.25, 0.3) is 5.56 Å². The van der Waals surface area contributed by atoms with Gasteiger partial charge in [0.1, 0.15) is 0 Å². The van der Waals surface area contributed by atoms with Crippen LogP contribution >= 0.6 is 11.3 Å². The number of nitrogens with zero attached hydrogens (tertiary/aromatic N) is 2. The van der Waals surface area contributed by atoms with Gasteiger partial charge in [0.05, 0.1) is 21.0 Å². The molecule has 0 bridgehead atoms. The Morgan fingerprint density at radius 1 is 1.03 bits per heavy atom. The molecule has 0 spiro atoms. The number of fused-ring (bicyclic) bond motifs is 1. The second-order valence-corrected chi connectivity index (χ2v) is 9.28. The van der Waals surface area contributed by atoms with Crippen molar-refractivity contribution in [1.82, 2.24) is 9.78 Å². The van der Waals surface area contributed by atoms with Crippen LogP contribution in [0.3, 0.4) is 0 Å². The normalized spacial score (nSPS) is 11.8. The van der Waals surface area contributed by atoms with Gasteiger partial charge in [-0.15, -0.1) is 11.3 Å². The van der Waals surface area contributed by atoms with E-state index in [-0.39, 0.29) is 25.7 Å². The maximum atomic E-state index is 13.3. The Labute approximate surface area is 171 Å². The Balaban J connectivity index is 2.02. The second kappa shape index (κ2) is 7.02. The highest BCUT2D eigenvalue weighted by Crippen LogP contribution is 2.32. The largest absolute Gasteiger partial charge is 0.399 e. The molecular formula is C20H18N4O3S2. The van der Waals surface area contributed by atoms with E-state index >= 15 is 0 Å². The summed E-state index contributed by atoms with van der Waals surface area (Å²) in [5.74, 6) is 0. The lowest BCUT2D eigenvalue weighted by Gasteiger charge is -2.11. The second-order valence-electron chi connectivity index (χ2n) is 6.50. The van der Waals surface area contributed by atoms with Crippen LogP contribution in [0.2, 0.25) is 0 Å². The summed E-state index contributed by atoms with van der Waals surface area (Å²) in [6.07, 6.45) is 0.843. The highest BCUT2D eigenvalue weighted by Gasteiger charge is 2.27. The van der Waals surface area contributed by atoms with Gasteiger partial charge in [-0.1, -0.05) is 19.1 Å². The summed E-state index contributed by atoms with van der Waals surface area (Å²) >= 11 is 1.11. The minimum absolute atomic E-state index is 0.0387. The molecule has 0 saturated carbocycles. The third kappa shape index (κ3) is 3.18. The molecule has 2 aromatic carbocycles. The van der Waals surface area contributed by atoms with Gasteiger partial charge in [-0.3, -0.25) is 4.79 Å². The molecule has 0 aliphatic rings. The number of aromatic nitrogens is 2. The lowest BCUT2D eigenvalue weighted by atomic mass is 10.1. The van der Waals surface area contributed by atoms with E-state index in [1.165, 1.54) is 24.3 Å². The SMILES string of the molecule is CCc1ccc(-n2nc(S(=O)(=O)c3ccc(N)cc3)c3csc(N)c3c2=O)cc1. The predicted molar refractivity (Wildman–Crippen MR) is 115 cm³/mol. The molecule has 2 heterocycles. The number of nitrogen functional groups attached to an aromatic ring is 2. The number of aryl methyl sites for hydroxylation is 1. The van der Waals surface area contributed by atoms with Crippen molar-refractivity contribution >= 4 is 42.6 Å². The fourth-order valence-electron chi connectivity index (χ4n) is 3.05. The number of anilines is 2. The number of rotatable bonds is 4. The smallest absolute Gasteiger partial charge is 0.282 e. The number of thiophene rings is 1. The fourth-order valence-corrected chi connectivity index (χ4v) is 5.27. The summed E-state index contributed by atoms with van der Waals surface area (Å²) in [7, 11) is -4.00. The van der Waals surface area contributed by atoms with Gasteiger partial charge in [0, 0.05) is 16.5 Å². The van der Waals surface area contributed by atoms with Crippen molar-refractivity contribution in [2.24, 2.45) is 0 Å². The van der Waals surface area contributed by atoms with E-state index in [0.29, 0.717) is 11.4 Å². The molecular weight excluding hydrogens is 408 g/mol. The number of benzene rings is 2. The predicted octanol–water partition coefficient (Wildman–Crippen LogP) is 3.01. The first-order valence-electron chi connectivity index (χ1n) is 8.83. The number of hydrogen-bond acceptors (Lipinski definition) is 7. The van der Waals surface area contributed by atoms with E-state index in [4.69, 9.17) is 11.5 Å². The van der Waals surface area contributed by atoms with Crippen LogP contribution in [-0.2, 0) is 16.3 Å². The average Bonchev–Trinajstić information content (AvgIpc) is 3.11. The van der Waals surface area contributed by atoms with Crippen molar-refractivity contribution in [3.63, 3.8) is 0 Å². The van der Waals surface area contributed by atoms with Gasteiger partial charge in [-0.2, -0.15) is 9.78 Å². The van der Waals surface area contributed by atoms with Crippen molar-refractivity contribution in [1.29, 1.82) is 0 Å². The molecule has 9 heteroatoms. The van der Waals surface area contributed by atoms with Crippen LogP contribution in [-0.4, -0.2) is 18.2 Å². The lowest BCUT2D eigenvalue weighted by molar-refractivity contribution is 0.588. The zero-order valence-electron chi connectivity index (χ0n) is 15.5. The molecule has 7 nitrogen and oxygen atoms in total. The first-order chi connectivity index (χ1) is 13.8. The molecule has 29 heavy (non-hydrogen) atoms. The first kappa shape index (κ1) is 19.2. The zero-order chi connectivity index (χ0) is 20.8. The molecule has 148 valence electrons. The monoisotopic (exact) mass is 426 g/mol. The molecule has 0 aliphatic heterocycles. The van der Waals surface area contributed by atoms with E-state index in [2.05, 4.69) is 5.10 Å². The van der Waals surface area contributed by atoms with Crippen LogP contribution in [0.5, 0.6) is 0 Å². The van der Waals surface area contributed by atoms with Gasteiger partial charge in [0.15, 0.2) is 5.03 Å². The number of hydrogen-bond donors (Lipinski definition) is 2. The Bertz CT molecular complexity index is 1370. The molecule has 4 aromatic rings. The average molecular weight is 427 g/mol. The molecule has 4 N–H and O–H groups in total. The van der Waals surface area contributed by atoms with E-state index in [0.717, 1.165) is 28.0 Å². The summed E-state index contributed by atoms with van der Waals surface area (Å²) in [4.78, 5) is 13.1. The molecule has 0 atom stereocenters. The molecule has 2 aromatic heterocycles. The summed E-state index contributed by atoms with van der Waals surface area (Å²) < 4.78 is 27.7. The fraction of sp³-hybridized carbons (Fsp3) is 0.100.